The summed E-state index contributed by atoms with van der Waals surface area (Å²) in [7, 11) is 0. The van der Waals surface area contributed by atoms with Gasteiger partial charge in [0.05, 0.1) is 12.0 Å². The molecule has 4 atom stereocenters. The molecule has 16 heavy (non-hydrogen) atoms. The van der Waals surface area contributed by atoms with Gasteiger partial charge in [0.1, 0.15) is 0 Å². The zero-order valence-corrected chi connectivity index (χ0v) is 9.86. The number of carbonyl (C=O) groups is 2. The molecular formula is C12H19NO3. The second-order valence-corrected chi connectivity index (χ2v) is 5.15. The minimum absolute atomic E-state index is 0.00920. The van der Waals surface area contributed by atoms with Crippen LogP contribution in [0.15, 0.2) is 0 Å². The molecule has 0 radical (unpaired) electrons. The van der Waals surface area contributed by atoms with Gasteiger partial charge in [-0.1, -0.05) is 0 Å². The average molecular weight is 225 g/mol. The SMILES string of the molecule is CC(=O)NC1CC2CC(C)OC(=O)C(C2)C1. The molecule has 90 valence electrons. The Morgan fingerprint density at radius 1 is 1.31 bits per heavy atom. The van der Waals surface area contributed by atoms with Crippen molar-refractivity contribution in [2.75, 3.05) is 0 Å². The summed E-state index contributed by atoms with van der Waals surface area (Å²) in [5.74, 6) is 0.410. The van der Waals surface area contributed by atoms with E-state index >= 15 is 0 Å². The van der Waals surface area contributed by atoms with Gasteiger partial charge in [0.2, 0.25) is 5.91 Å². The van der Waals surface area contributed by atoms with Crippen LogP contribution in [0.5, 0.6) is 0 Å². The molecule has 4 nitrogen and oxygen atoms in total. The molecule has 1 saturated carbocycles. The number of nitrogens with one attached hydrogen (secondary N) is 1. The summed E-state index contributed by atoms with van der Waals surface area (Å²) >= 11 is 0. The van der Waals surface area contributed by atoms with Crippen LogP contribution in [0.4, 0.5) is 0 Å². The lowest BCUT2D eigenvalue weighted by Gasteiger charge is -2.31. The molecule has 1 aliphatic heterocycles. The predicted molar refractivity (Wildman–Crippen MR) is 58.6 cm³/mol. The Bertz CT molecular complexity index is 303. The quantitative estimate of drug-likeness (QED) is 0.683. The number of esters is 1. The number of fused-ring (bicyclic) bond motifs is 2. The molecule has 1 heterocycles. The highest BCUT2D eigenvalue weighted by Crippen LogP contribution is 2.36. The molecule has 0 aromatic heterocycles. The summed E-state index contributed by atoms with van der Waals surface area (Å²) in [6, 6.07) is 0.152. The van der Waals surface area contributed by atoms with Gasteiger partial charge in [-0.25, -0.2) is 0 Å². The van der Waals surface area contributed by atoms with E-state index in [1.807, 2.05) is 6.92 Å². The Morgan fingerprint density at radius 2 is 2.06 bits per heavy atom. The molecule has 2 bridgehead atoms. The maximum atomic E-state index is 11.7. The molecule has 1 aliphatic carbocycles. The maximum absolute atomic E-state index is 11.7. The molecule has 0 aromatic rings. The number of amides is 1. The molecule has 0 aromatic carbocycles. The van der Waals surface area contributed by atoms with Gasteiger partial charge >= 0.3 is 5.97 Å². The Kier molecular flexibility index (Phi) is 3.17. The third-order valence-electron chi connectivity index (χ3n) is 3.53. The highest BCUT2D eigenvalue weighted by molar-refractivity contribution is 5.75. The topological polar surface area (TPSA) is 55.4 Å². The van der Waals surface area contributed by atoms with Crippen molar-refractivity contribution in [1.82, 2.24) is 5.32 Å². The van der Waals surface area contributed by atoms with Crippen molar-refractivity contribution in [1.29, 1.82) is 0 Å². The van der Waals surface area contributed by atoms with Crippen LogP contribution in [0.3, 0.4) is 0 Å². The lowest BCUT2D eigenvalue weighted by molar-refractivity contribution is -0.152. The highest BCUT2D eigenvalue weighted by Gasteiger charge is 2.38. The number of hydrogen-bond acceptors (Lipinski definition) is 3. The van der Waals surface area contributed by atoms with E-state index < -0.39 is 0 Å². The fraction of sp³-hybridized carbons (Fsp3) is 0.833. The van der Waals surface area contributed by atoms with Gasteiger partial charge in [0.25, 0.3) is 0 Å². The fourth-order valence-corrected chi connectivity index (χ4v) is 3.04. The third-order valence-corrected chi connectivity index (χ3v) is 3.53. The van der Waals surface area contributed by atoms with Crippen LogP contribution in [0.1, 0.15) is 39.5 Å². The minimum Gasteiger partial charge on any atom is -0.462 e. The van der Waals surface area contributed by atoms with Crippen molar-refractivity contribution < 1.29 is 14.3 Å². The van der Waals surface area contributed by atoms with Gasteiger partial charge in [-0.15, -0.1) is 0 Å². The number of hydrogen-bond donors (Lipinski definition) is 1. The van der Waals surface area contributed by atoms with Crippen LogP contribution in [0.25, 0.3) is 0 Å². The van der Waals surface area contributed by atoms with Crippen molar-refractivity contribution in [3.63, 3.8) is 0 Å². The zero-order chi connectivity index (χ0) is 11.7. The Labute approximate surface area is 95.7 Å². The van der Waals surface area contributed by atoms with E-state index in [0.717, 1.165) is 25.7 Å². The Morgan fingerprint density at radius 3 is 2.75 bits per heavy atom. The average Bonchev–Trinajstić information content (AvgIpc) is 2.23. The first-order chi connectivity index (χ1) is 7.54. The van der Waals surface area contributed by atoms with E-state index in [4.69, 9.17) is 4.74 Å². The summed E-state index contributed by atoms with van der Waals surface area (Å²) in [6.45, 7) is 3.48. The van der Waals surface area contributed by atoms with E-state index in [2.05, 4.69) is 5.32 Å². The minimum atomic E-state index is -0.0787. The van der Waals surface area contributed by atoms with E-state index in [0.29, 0.717) is 5.92 Å². The summed E-state index contributed by atoms with van der Waals surface area (Å²) < 4.78 is 5.33. The van der Waals surface area contributed by atoms with Crippen LogP contribution in [0, 0.1) is 11.8 Å². The lowest BCUT2D eigenvalue weighted by atomic mass is 9.77. The highest BCUT2D eigenvalue weighted by atomic mass is 16.5. The first-order valence-electron chi connectivity index (χ1n) is 6.02. The molecule has 1 N–H and O–H groups in total. The second kappa shape index (κ2) is 4.44. The van der Waals surface area contributed by atoms with E-state index in [1.165, 1.54) is 6.92 Å². The van der Waals surface area contributed by atoms with Gasteiger partial charge in [-0.3, -0.25) is 9.59 Å². The lowest BCUT2D eigenvalue weighted by Crippen LogP contribution is -2.40. The summed E-state index contributed by atoms with van der Waals surface area (Å²) in [4.78, 5) is 22.8. The molecule has 2 fully saturated rings. The van der Waals surface area contributed by atoms with Crippen molar-refractivity contribution >= 4 is 11.9 Å². The number of cyclic esters (lactones) is 1. The predicted octanol–water partition coefficient (Wildman–Crippen LogP) is 1.24. The van der Waals surface area contributed by atoms with Gasteiger partial charge in [-0.05, 0) is 38.5 Å². The fourth-order valence-electron chi connectivity index (χ4n) is 3.04. The second-order valence-electron chi connectivity index (χ2n) is 5.15. The first-order valence-corrected chi connectivity index (χ1v) is 6.02. The third kappa shape index (κ3) is 2.54. The van der Waals surface area contributed by atoms with Crippen molar-refractivity contribution in [3.05, 3.63) is 0 Å². The van der Waals surface area contributed by atoms with Gasteiger partial charge in [-0.2, -0.15) is 0 Å². The van der Waals surface area contributed by atoms with E-state index in [1.54, 1.807) is 0 Å². The van der Waals surface area contributed by atoms with E-state index in [-0.39, 0.29) is 29.9 Å². The van der Waals surface area contributed by atoms with Crippen molar-refractivity contribution in [2.24, 2.45) is 11.8 Å². The largest absolute Gasteiger partial charge is 0.462 e. The van der Waals surface area contributed by atoms with Crippen LogP contribution in [-0.4, -0.2) is 24.0 Å². The summed E-state index contributed by atoms with van der Waals surface area (Å²) in [5.41, 5.74) is 0. The van der Waals surface area contributed by atoms with Crippen LogP contribution in [-0.2, 0) is 14.3 Å². The molecule has 2 rings (SSSR count). The molecule has 1 saturated heterocycles. The van der Waals surface area contributed by atoms with Crippen LogP contribution in [0.2, 0.25) is 0 Å². The summed E-state index contributed by atoms with van der Waals surface area (Å²) in [5, 5.41) is 2.93. The normalized spacial score (nSPS) is 38.5. The van der Waals surface area contributed by atoms with Gasteiger partial charge < -0.3 is 10.1 Å². The molecule has 4 unspecified atom stereocenters. The monoisotopic (exact) mass is 225 g/mol. The molecule has 1 amide bonds. The van der Waals surface area contributed by atoms with Crippen LogP contribution < -0.4 is 5.32 Å². The zero-order valence-electron chi connectivity index (χ0n) is 9.86. The maximum Gasteiger partial charge on any atom is 0.309 e. The smallest absolute Gasteiger partial charge is 0.309 e. The standard InChI is InChI=1S/C12H19NO3/c1-7-3-9-4-10(12(15)16-7)6-11(5-9)13-8(2)14/h7,9-11H,3-6H2,1-2H3,(H,13,14). The van der Waals surface area contributed by atoms with E-state index in [9.17, 15) is 9.59 Å². The molecule has 0 spiro atoms. The number of carbonyl (C=O) groups excluding carboxylic acids is 2. The summed E-state index contributed by atoms with van der Waals surface area (Å²) in [6.07, 6.45) is 3.61. The number of rotatable bonds is 1. The van der Waals surface area contributed by atoms with Gasteiger partial charge in [0, 0.05) is 13.0 Å². The van der Waals surface area contributed by atoms with Crippen LogP contribution >= 0.6 is 0 Å². The molecular weight excluding hydrogens is 206 g/mol. The first kappa shape index (κ1) is 11.4. The Balaban J connectivity index is 2.05. The molecule has 4 heteroatoms. The van der Waals surface area contributed by atoms with Crippen molar-refractivity contribution in [2.45, 2.75) is 51.7 Å². The van der Waals surface area contributed by atoms with Crippen molar-refractivity contribution in [3.8, 4) is 0 Å². The Hall–Kier alpha value is -1.06. The number of ether oxygens (including phenoxy) is 1. The molecule has 2 aliphatic rings. The van der Waals surface area contributed by atoms with Gasteiger partial charge in [0.15, 0.2) is 0 Å².